The monoisotopic (exact) mass is 309 g/mol. The first kappa shape index (κ1) is 18.8. The van der Waals surface area contributed by atoms with Crippen LogP contribution in [0.4, 0.5) is 5.69 Å². The third-order valence-corrected chi connectivity index (χ3v) is 3.23. The standard InChI is InChI=1S/C18H31NO3/c1-4-7-14-20-18-13-11-10-12-17(18)19(21-15-8-5-2)22-16-9-6-3/h10-13H,4-9,14-16H2,1-3H3. The number of benzene rings is 1. The van der Waals surface area contributed by atoms with Gasteiger partial charge in [-0.05, 0) is 31.4 Å². The smallest absolute Gasteiger partial charge is 0.147 e. The Bertz CT molecular complexity index is 374. The van der Waals surface area contributed by atoms with Crippen LogP contribution in [0, 0.1) is 0 Å². The molecule has 0 heterocycles. The highest BCUT2D eigenvalue weighted by atomic mass is 16.9. The molecule has 1 rings (SSSR count). The first-order chi connectivity index (χ1) is 10.8. The van der Waals surface area contributed by atoms with Gasteiger partial charge in [-0.3, -0.25) is 0 Å². The van der Waals surface area contributed by atoms with E-state index in [1.54, 1.807) is 0 Å². The van der Waals surface area contributed by atoms with Crippen molar-refractivity contribution in [3.63, 3.8) is 0 Å². The van der Waals surface area contributed by atoms with Crippen molar-refractivity contribution in [2.75, 3.05) is 25.0 Å². The van der Waals surface area contributed by atoms with E-state index in [1.165, 1.54) is 5.23 Å². The lowest BCUT2D eigenvalue weighted by Crippen LogP contribution is -2.26. The van der Waals surface area contributed by atoms with Gasteiger partial charge >= 0.3 is 0 Å². The van der Waals surface area contributed by atoms with Crippen LogP contribution in [0.2, 0.25) is 0 Å². The van der Waals surface area contributed by atoms with E-state index in [0.29, 0.717) is 19.8 Å². The molecule has 0 atom stereocenters. The van der Waals surface area contributed by atoms with Crippen molar-refractivity contribution < 1.29 is 14.4 Å². The number of ether oxygens (including phenoxy) is 1. The number of hydrogen-bond acceptors (Lipinski definition) is 4. The van der Waals surface area contributed by atoms with E-state index in [0.717, 1.165) is 50.0 Å². The molecule has 126 valence electrons. The third kappa shape index (κ3) is 7.14. The van der Waals surface area contributed by atoms with Crippen LogP contribution >= 0.6 is 0 Å². The highest BCUT2D eigenvalue weighted by Crippen LogP contribution is 2.29. The zero-order valence-electron chi connectivity index (χ0n) is 14.3. The van der Waals surface area contributed by atoms with Gasteiger partial charge in [0.15, 0.2) is 0 Å². The number of rotatable bonds is 13. The second-order valence-corrected chi connectivity index (χ2v) is 5.30. The maximum Gasteiger partial charge on any atom is 0.147 e. The topological polar surface area (TPSA) is 30.9 Å². The number of unbranched alkanes of at least 4 members (excludes halogenated alkanes) is 3. The Labute approximate surface area is 135 Å². The first-order valence-electron chi connectivity index (χ1n) is 8.61. The van der Waals surface area contributed by atoms with Crippen LogP contribution in [-0.2, 0) is 9.68 Å². The number of anilines is 1. The maximum absolute atomic E-state index is 5.87. The maximum atomic E-state index is 5.87. The Balaban J connectivity index is 2.72. The zero-order valence-corrected chi connectivity index (χ0v) is 14.3. The second kappa shape index (κ2) is 12.3. The molecule has 1 aromatic carbocycles. The van der Waals surface area contributed by atoms with Crippen LogP contribution in [0.1, 0.15) is 59.3 Å². The second-order valence-electron chi connectivity index (χ2n) is 5.30. The predicted octanol–water partition coefficient (Wildman–Crippen LogP) is 5.14. The Morgan fingerprint density at radius 3 is 1.91 bits per heavy atom. The summed E-state index contributed by atoms with van der Waals surface area (Å²) >= 11 is 0. The SMILES string of the molecule is CCCCOc1ccccc1N(OCCCC)OCCCC. The fraction of sp³-hybridized carbons (Fsp3) is 0.667. The molecule has 0 fully saturated rings. The lowest BCUT2D eigenvalue weighted by atomic mass is 10.3. The van der Waals surface area contributed by atoms with Crippen LogP contribution < -0.4 is 9.96 Å². The summed E-state index contributed by atoms with van der Waals surface area (Å²) in [7, 11) is 0. The molecule has 22 heavy (non-hydrogen) atoms. The molecule has 4 nitrogen and oxygen atoms in total. The van der Waals surface area contributed by atoms with Gasteiger partial charge in [0.2, 0.25) is 0 Å². The molecular formula is C18H31NO3. The van der Waals surface area contributed by atoms with Crippen molar-refractivity contribution in [2.45, 2.75) is 59.3 Å². The van der Waals surface area contributed by atoms with Gasteiger partial charge in [0.1, 0.15) is 11.4 Å². The Kier molecular flexibility index (Phi) is 10.5. The van der Waals surface area contributed by atoms with Gasteiger partial charge in [-0.2, -0.15) is 0 Å². The van der Waals surface area contributed by atoms with E-state index in [2.05, 4.69) is 20.8 Å². The summed E-state index contributed by atoms with van der Waals surface area (Å²) in [6.07, 6.45) is 6.36. The molecule has 0 aliphatic rings. The number of para-hydroxylation sites is 2. The van der Waals surface area contributed by atoms with E-state index in [4.69, 9.17) is 14.4 Å². The molecule has 0 radical (unpaired) electrons. The molecule has 0 aliphatic heterocycles. The van der Waals surface area contributed by atoms with Crippen molar-refractivity contribution in [3.05, 3.63) is 24.3 Å². The van der Waals surface area contributed by atoms with Crippen molar-refractivity contribution in [2.24, 2.45) is 0 Å². The molecule has 0 aromatic heterocycles. The van der Waals surface area contributed by atoms with Crippen LogP contribution in [-0.4, -0.2) is 19.8 Å². The fourth-order valence-electron chi connectivity index (χ4n) is 1.82. The van der Waals surface area contributed by atoms with Gasteiger partial charge in [0.05, 0.1) is 19.8 Å². The summed E-state index contributed by atoms with van der Waals surface area (Å²) in [5.41, 5.74) is 0.839. The Hall–Kier alpha value is -1.26. The molecule has 0 amide bonds. The quantitative estimate of drug-likeness (QED) is 0.373. The Morgan fingerprint density at radius 2 is 1.32 bits per heavy atom. The minimum atomic E-state index is 0.645. The summed E-state index contributed by atoms with van der Waals surface area (Å²) in [5, 5.41) is 1.53. The minimum absolute atomic E-state index is 0.645. The average molecular weight is 309 g/mol. The van der Waals surface area contributed by atoms with E-state index >= 15 is 0 Å². The van der Waals surface area contributed by atoms with Gasteiger partial charge in [0.25, 0.3) is 0 Å². The molecule has 0 bridgehead atoms. The largest absolute Gasteiger partial charge is 0.491 e. The molecule has 0 aliphatic carbocycles. The lowest BCUT2D eigenvalue weighted by molar-refractivity contribution is -0.0916. The first-order valence-corrected chi connectivity index (χ1v) is 8.61. The molecule has 1 aromatic rings. The summed E-state index contributed by atoms with van der Waals surface area (Å²) in [4.78, 5) is 11.6. The summed E-state index contributed by atoms with van der Waals surface area (Å²) in [5.74, 6) is 0.809. The summed E-state index contributed by atoms with van der Waals surface area (Å²) in [6.45, 7) is 8.45. The molecule has 0 N–H and O–H groups in total. The lowest BCUT2D eigenvalue weighted by Gasteiger charge is -2.24. The van der Waals surface area contributed by atoms with Crippen LogP contribution in [0.25, 0.3) is 0 Å². The van der Waals surface area contributed by atoms with E-state index in [1.807, 2.05) is 24.3 Å². The normalized spacial score (nSPS) is 10.7. The van der Waals surface area contributed by atoms with Crippen LogP contribution in [0.5, 0.6) is 5.75 Å². The van der Waals surface area contributed by atoms with E-state index < -0.39 is 0 Å². The van der Waals surface area contributed by atoms with Crippen LogP contribution in [0.3, 0.4) is 0 Å². The molecule has 0 unspecified atom stereocenters. The average Bonchev–Trinajstić information content (AvgIpc) is 2.55. The van der Waals surface area contributed by atoms with Gasteiger partial charge in [0, 0.05) is 0 Å². The highest BCUT2D eigenvalue weighted by Gasteiger charge is 2.14. The van der Waals surface area contributed by atoms with E-state index in [-0.39, 0.29) is 0 Å². The summed E-state index contributed by atoms with van der Waals surface area (Å²) in [6, 6.07) is 7.88. The fourth-order valence-corrected chi connectivity index (χ4v) is 1.82. The molecule has 0 saturated carbocycles. The molecule has 4 heteroatoms. The molecular weight excluding hydrogens is 278 g/mol. The van der Waals surface area contributed by atoms with Gasteiger partial charge in [-0.15, -0.1) is 5.23 Å². The Morgan fingerprint density at radius 1 is 0.773 bits per heavy atom. The highest BCUT2D eigenvalue weighted by molar-refractivity contribution is 5.55. The van der Waals surface area contributed by atoms with Crippen molar-refractivity contribution >= 4 is 5.69 Å². The van der Waals surface area contributed by atoms with E-state index in [9.17, 15) is 0 Å². The number of nitrogens with zero attached hydrogens (tertiary/aromatic N) is 1. The van der Waals surface area contributed by atoms with Crippen molar-refractivity contribution in [3.8, 4) is 5.75 Å². The third-order valence-electron chi connectivity index (χ3n) is 3.23. The van der Waals surface area contributed by atoms with Gasteiger partial charge < -0.3 is 4.74 Å². The zero-order chi connectivity index (χ0) is 16.0. The molecule has 0 spiro atoms. The van der Waals surface area contributed by atoms with Crippen LogP contribution in [0.15, 0.2) is 24.3 Å². The van der Waals surface area contributed by atoms with Gasteiger partial charge in [-0.25, -0.2) is 9.68 Å². The van der Waals surface area contributed by atoms with Crippen molar-refractivity contribution in [1.29, 1.82) is 0 Å². The summed E-state index contributed by atoms with van der Waals surface area (Å²) < 4.78 is 5.87. The predicted molar refractivity (Wildman–Crippen MR) is 91.0 cm³/mol. The number of hydrogen-bond donors (Lipinski definition) is 0. The van der Waals surface area contributed by atoms with Crippen molar-refractivity contribution in [1.82, 2.24) is 0 Å². The minimum Gasteiger partial charge on any atom is -0.491 e. The van der Waals surface area contributed by atoms with Gasteiger partial charge in [-0.1, -0.05) is 52.2 Å². The molecule has 0 saturated heterocycles.